The highest BCUT2D eigenvalue weighted by molar-refractivity contribution is 5.68. The number of benzene rings is 2. The summed E-state index contributed by atoms with van der Waals surface area (Å²) in [6.45, 7) is 0. The molecule has 2 aromatic carbocycles. The molecule has 0 aliphatic heterocycles. The van der Waals surface area contributed by atoms with E-state index in [2.05, 4.69) is 0 Å². The van der Waals surface area contributed by atoms with Crippen LogP contribution in [0.4, 0.5) is 15.8 Å². The molecule has 0 aromatic heterocycles. The van der Waals surface area contributed by atoms with Gasteiger partial charge in [-0.1, -0.05) is 12.1 Å². The molecular formula is C12H9FN2O2. The normalized spacial score (nSPS) is 10.2. The fourth-order valence-corrected chi connectivity index (χ4v) is 1.55. The molecule has 5 heteroatoms. The van der Waals surface area contributed by atoms with Gasteiger partial charge in [0.05, 0.1) is 4.92 Å². The number of nitro groups is 1. The van der Waals surface area contributed by atoms with Crippen molar-refractivity contribution < 1.29 is 9.31 Å². The summed E-state index contributed by atoms with van der Waals surface area (Å²) < 4.78 is 13.6. The zero-order valence-corrected chi connectivity index (χ0v) is 8.76. The third-order valence-electron chi connectivity index (χ3n) is 2.36. The summed E-state index contributed by atoms with van der Waals surface area (Å²) in [5.74, 6) is -0.495. The summed E-state index contributed by atoms with van der Waals surface area (Å²) in [4.78, 5) is 10.1. The molecule has 0 unspecified atom stereocenters. The van der Waals surface area contributed by atoms with Crippen LogP contribution in [0.1, 0.15) is 0 Å². The molecule has 0 radical (unpaired) electrons. The molecule has 0 fully saturated rings. The second kappa shape index (κ2) is 4.21. The third kappa shape index (κ3) is 2.23. The molecule has 0 heterocycles. The lowest BCUT2D eigenvalue weighted by Crippen LogP contribution is -1.91. The number of hydrogen-bond donors (Lipinski definition) is 1. The SMILES string of the molecule is Nc1ccc(-c2cccc([N+](=O)[O-])c2)c(F)c1. The number of nitrogen functional groups attached to an aromatic ring is 1. The quantitative estimate of drug-likeness (QED) is 0.491. The molecule has 2 rings (SSSR count). The van der Waals surface area contributed by atoms with E-state index in [1.54, 1.807) is 12.1 Å². The lowest BCUT2D eigenvalue weighted by atomic mass is 10.0. The van der Waals surface area contributed by atoms with Crippen molar-refractivity contribution in [3.8, 4) is 11.1 Å². The highest BCUT2D eigenvalue weighted by Crippen LogP contribution is 2.27. The van der Waals surface area contributed by atoms with Crippen molar-refractivity contribution in [3.63, 3.8) is 0 Å². The van der Waals surface area contributed by atoms with Crippen LogP contribution in [0.15, 0.2) is 42.5 Å². The van der Waals surface area contributed by atoms with Crippen LogP contribution in [0.2, 0.25) is 0 Å². The number of nitro benzene ring substituents is 1. The molecule has 0 amide bonds. The summed E-state index contributed by atoms with van der Waals surface area (Å²) in [7, 11) is 0. The highest BCUT2D eigenvalue weighted by Gasteiger charge is 2.10. The van der Waals surface area contributed by atoms with Gasteiger partial charge in [-0.15, -0.1) is 0 Å². The number of anilines is 1. The van der Waals surface area contributed by atoms with E-state index >= 15 is 0 Å². The summed E-state index contributed by atoms with van der Waals surface area (Å²) >= 11 is 0. The van der Waals surface area contributed by atoms with Gasteiger partial charge in [0, 0.05) is 23.4 Å². The molecule has 0 bridgehead atoms. The van der Waals surface area contributed by atoms with Gasteiger partial charge in [-0.25, -0.2) is 4.39 Å². The molecule has 86 valence electrons. The van der Waals surface area contributed by atoms with E-state index in [9.17, 15) is 14.5 Å². The number of hydrogen-bond acceptors (Lipinski definition) is 3. The zero-order chi connectivity index (χ0) is 12.4. The van der Waals surface area contributed by atoms with E-state index in [0.29, 0.717) is 16.8 Å². The van der Waals surface area contributed by atoms with Crippen LogP contribution in [-0.4, -0.2) is 4.92 Å². The zero-order valence-electron chi connectivity index (χ0n) is 8.76. The number of nitrogens with zero attached hydrogens (tertiary/aromatic N) is 1. The lowest BCUT2D eigenvalue weighted by Gasteiger charge is -2.04. The Balaban J connectivity index is 2.53. The summed E-state index contributed by atoms with van der Waals surface area (Å²) in [5, 5.41) is 10.6. The van der Waals surface area contributed by atoms with Gasteiger partial charge >= 0.3 is 0 Å². The van der Waals surface area contributed by atoms with Crippen LogP contribution in [0, 0.1) is 15.9 Å². The van der Waals surface area contributed by atoms with Crippen molar-refractivity contribution in [1.82, 2.24) is 0 Å². The van der Waals surface area contributed by atoms with Crippen molar-refractivity contribution in [2.24, 2.45) is 0 Å². The molecule has 0 aliphatic rings. The van der Waals surface area contributed by atoms with E-state index in [1.807, 2.05) is 0 Å². The smallest absolute Gasteiger partial charge is 0.270 e. The first-order valence-corrected chi connectivity index (χ1v) is 4.88. The largest absolute Gasteiger partial charge is 0.399 e. The van der Waals surface area contributed by atoms with Crippen molar-refractivity contribution in [2.45, 2.75) is 0 Å². The summed E-state index contributed by atoms with van der Waals surface area (Å²) in [5.41, 5.74) is 6.43. The Morgan fingerprint density at radius 3 is 2.59 bits per heavy atom. The Morgan fingerprint density at radius 1 is 1.18 bits per heavy atom. The summed E-state index contributed by atoms with van der Waals surface area (Å²) in [6, 6.07) is 10.1. The van der Waals surface area contributed by atoms with Gasteiger partial charge in [-0.3, -0.25) is 10.1 Å². The van der Waals surface area contributed by atoms with Gasteiger partial charge in [0.1, 0.15) is 5.82 Å². The number of rotatable bonds is 2. The molecule has 17 heavy (non-hydrogen) atoms. The predicted octanol–water partition coefficient (Wildman–Crippen LogP) is 2.98. The average molecular weight is 232 g/mol. The Kier molecular flexibility index (Phi) is 2.74. The van der Waals surface area contributed by atoms with E-state index in [4.69, 9.17) is 5.73 Å². The number of non-ortho nitro benzene ring substituents is 1. The van der Waals surface area contributed by atoms with Crippen molar-refractivity contribution >= 4 is 11.4 Å². The van der Waals surface area contributed by atoms with Gasteiger partial charge in [-0.2, -0.15) is 0 Å². The second-order valence-corrected chi connectivity index (χ2v) is 3.55. The number of nitrogens with two attached hydrogens (primary N) is 1. The van der Waals surface area contributed by atoms with Crippen molar-refractivity contribution in [3.05, 3.63) is 58.4 Å². The van der Waals surface area contributed by atoms with Crippen LogP contribution < -0.4 is 5.73 Å². The standard InChI is InChI=1S/C12H9FN2O2/c13-12-7-9(14)4-5-11(12)8-2-1-3-10(6-8)15(16)17/h1-7H,14H2. The summed E-state index contributed by atoms with van der Waals surface area (Å²) in [6.07, 6.45) is 0. The van der Waals surface area contributed by atoms with Crippen LogP contribution >= 0.6 is 0 Å². The van der Waals surface area contributed by atoms with Crippen molar-refractivity contribution in [1.29, 1.82) is 0 Å². The Hall–Kier alpha value is -2.43. The molecule has 2 N–H and O–H groups in total. The first-order chi connectivity index (χ1) is 8.08. The maximum absolute atomic E-state index is 13.6. The predicted molar refractivity (Wildman–Crippen MR) is 62.9 cm³/mol. The van der Waals surface area contributed by atoms with Gasteiger partial charge in [0.25, 0.3) is 5.69 Å². The molecule has 0 saturated heterocycles. The topological polar surface area (TPSA) is 69.2 Å². The second-order valence-electron chi connectivity index (χ2n) is 3.55. The molecule has 0 spiro atoms. The molecule has 0 saturated carbocycles. The average Bonchev–Trinajstić information content (AvgIpc) is 2.29. The molecule has 4 nitrogen and oxygen atoms in total. The van der Waals surface area contributed by atoms with Crippen LogP contribution in [0.25, 0.3) is 11.1 Å². The minimum absolute atomic E-state index is 0.0706. The molecule has 2 aromatic rings. The van der Waals surface area contributed by atoms with E-state index < -0.39 is 10.7 Å². The van der Waals surface area contributed by atoms with Crippen LogP contribution in [0.5, 0.6) is 0 Å². The number of halogens is 1. The fourth-order valence-electron chi connectivity index (χ4n) is 1.55. The monoisotopic (exact) mass is 232 g/mol. The fraction of sp³-hybridized carbons (Fsp3) is 0. The Labute approximate surface area is 96.6 Å². The maximum atomic E-state index is 13.6. The van der Waals surface area contributed by atoms with Gasteiger partial charge in [-0.05, 0) is 23.8 Å². The van der Waals surface area contributed by atoms with Crippen LogP contribution in [0.3, 0.4) is 0 Å². The first-order valence-electron chi connectivity index (χ1n) is 4.88. The van der Waals surface area contributed by atoms with Crippen LogP contribution in [-0.2, 0) is 0 Å². The third-order valence-corrected chi connectivity index (χ3v) is 2.36. The minimum atomic E-state index is -0.515. The molecule has 0 aliphatic carbocycles. The molecule has 0 atom stereocenters. The van der Waals surface area contributed by atoms with E-state index in [0.717, 1.165) is 0 Å². The maximum Gasteiger partial charge on any atom is 0.270 e. The van der Waals surface area contributed by atoms with E-state index in [-0.39, 0.29) is 5.69 Å². The Bertz CT molecular complexity index is 584. The molecular weight excluding hydrogens is 223 g/mol. The van der Waals surface area contributed by atoms with Gasteiger partial charge < -0.3 is 5.73 Å². The Morgan fingerprint density at radius 2 is 1.94 bits per heavy atom. The minimum Gasteiger partial charge on any atom is -0.399 e. The highest BCUT2D eigenvalue weighted by atomic mass is 19.1. The first kappa shape index (κ1) is 11.1. The van der Waals surface area contributed by atoms with Gasteiger partial charge in [0.15, 0.2) is 0 Å². The van der Waals surface area contributed by atoms with Gasteiger partial charge in [0.2, 0.25) is 0 Å². The van der Waals surface area contributed by atoms with Crippen molar-refractivity contribution in [2.75, 3.05) is 5.73 Å². The lowest BCUT2D eigenvalue weighted by molar-refractivity contribution is -0.384. The van der Waals surface area contributed by atoms with E-state index in [1.165, 1.54) is 30.3 Å².